The van der Waals surface area contributed by atoms with Crippen molar-refractivity contribution in [2.24, 2.45) is 16.5 Å². The summed E-state index contributed by atoms with van der Waals surface area (Å²) in [5.41, 5.74) is 9.06. The average molecular weight is 376 g/mol. The van der Waals surface area contributed by atoms with Gasteiger partial charge in [-0.3, -0.25) is 9.59 Å². The lowest BCUT2D eigenvalue weighted by molar-refractivity contribution is -0.115. The van der Waals surface area contributed by atoms with E-state index in [1.54, 1.807) is 36.4 Å². The van der Waals surface area contributed by atoms with Gasteiger partial charge in [0.2, 0.25) is 11.3 Å². The Morgan fingerprint density at radius 2 is 1.50 bits per heavy atom. The van der Waals surface area contributed by atoms with Crippen LogP contribution in [-0.2, 0) is 10.3 Å². The number of Topliss-reactive ketones (excluding diaryl/α,β-unsaturated/α-hetero) is 1. The second-order valence-corrected chi connectivity index (χ2v) is 5.60. The topological polar surface area (TPSA) is 117 Å². The summed E-state index contributed by atoms with van der Waals surface area (Å²) in [6, 6.07) is 12.8. The third-order valence-electron chi connectivity index (χ3n) is 3.76. The van der Waals surface area contributed by atoms with Gasteiger partial charge in [0.15, 0.2) is 5.96 Å². The monoisotopic (exact) mass is 375 g/mol. The number of aliphatic imine (C=N–C) groups is 1. The van der Waals surface area contributed by atoms with Gasteiger partial charge in [-0.2, -0.15) is 0 Å². The zero-order valence-electron chi connectivity index (χ0n) is 14.2. The van der Waals surface area contributed by atoms with Gasteiger partial charge < -0.3 is 20.9 Å². The van der Waals surface area contributed by atoms with Crippen molar-refractivity contribution in [1.29, 1.82) is 0 Å². The largest absolute Gasteiger partial charge is 0.496 e. The molecule has 26 heavy (non-hydrogen) atoms. The molecule has 8 heteroatoms. The second-order valence-electron chi connectivity index (χ2n) is 5.25. The minimum atomic E-state index is -2.18. The number of carbonyl (C=O) groups excluding carboxylic acids is 2. The first-order valence-corrected chi connectivity index (χ1v) is 7.88. The molecule has 0 aliphatic carbocycles. The molecule has 0 bridgehead atoms. The number of guanidine groups is 1. The molecule has 0 amide bonds. The minimum absolute atomic E-state index is 0.000327. The van der Waals surface area contributed by atoms with Crippen LogP contribution < -0.4 is 20.9 Å². The van der Waals surface area contributed by atoms with Crippen molar-refractivity contribution >= 4 is 28.6 Å². The zero-order chi connectivity index (χ0) is 19.3. The molecule has 1 atom stereocenters. The van der Waals surface area contributed by atoms with E-state index in [2.05, 4.69) is 4.99 Å². The fraction of sp³-hybridized carbons (Fsp3) is 0.167. The van der Waals surface area contributed by atoms with Crippen LogP contribution in [0.25, 0.3) is 0 Å². The van der Waals surface area contributed by atoms with Gasteiger partial charge in [0, 0.05) is 0 Å². The van der Waals surface area contributed by atoms with Crippen LogP contribution in [0, 0.1) is 0 Å². The minimum Gasteiger partial charge on any atom is -0.496 e. The zero-order valence-corrected chi connectivity index (χ0v) is 15.0. The molecule has 136 valence electrons. The highest BCUT2D eigenvalue weighted by Gasteiger charge is 2.49. The fourth-order valence-corrected chi connectivity index (χ4v) is 2.86. The van der Waals surface area contributed by atoms with Crippen LogP contribution in [0.2, 0.25) is 0 Å². The Morgan fingerprint density at radius 1 is 0.962 bits per heavy atom. The molecular formula is C18H18ClN3O4. The first-order chi connectivity index (χ1) is 12.4. The highest BCUT2D eigenvalue weighted by Crippen LogP contribution is 2.39. The number of hydrogen-bond donors (Lipinski definition) is 2. The molecule has 0 spiro atoms. The van der Waals surface area contributed by atoms with Crippen molar-refractivity contribution in [3.8, 4) is 11.5 Å². The number of ether oxygens (including phenoxy) is 2. The lowest BCUT2D eigenvalue weighted by Gasteiger charge is -2.26. The van der Waals surface area contributed by atoms with Crippen molar-refractivity contribution in [2.45, 2.75) is 5.54 Å². The van der Waals surface area contributed by atoms with E-state index >= 15 is 0 Å². The summed E-state index contributed by atoms with van der Waals surface area (Å²) in [4.78, 5) is 29.9. The lowest BCUT2D eigenvalue weighted by Crippen LogP contribution is -2.43. The second kappa shape index (κ2) is 7.88. The number of nitrogens with zero attached hydrogens (tertiary/aromatic N) is 1. The van der Waals surface area contributed by atoms with Crippen LogP contribution in [0.5, 0.6) is 11.5 Å². The van der Waals surface area contributed by atoms with E-state index in [1.807, 2.05) is 0 Å². The molecule has 2 aromatic rings. The molecule has 0 heterocycles. The van der Waals surface area contributed by atoms with E-state index in [0.29, 0.717) is 0 Å². The van der Waals surface area contributed by atoms with Gasteiger partial charge in [-0.1, -0.05) is 36.4 Å². The van der Waals surface area contributed by atoms with Crippen LogP contribution in [-0.4, -0.2) is 31.2 Å². The fourth-order valence-electron chi connectivity index (χ4n) is 2.62. The Balaban J connectivity index is 2.86. The van der Waals surface area contributed by atoms with Crippen molar-refractivity contribution in [2.75, 3.05) is 14.2 Å². The van der Waals surface area contributed by atoms with Crippen LogP contribution in [0.15, 0.2) is 53.5 Å². The van der Waals surface area contributed by atoms with Crippen LogP contribution in [0.4, 0.5) is 0 Å². The molecule has 0 fully saturated rings. The third kappa shape index (κ3) is 3.34. The number of benzene rings is 2. The van der Waals surface area contributed by atoms with Crippen molar-refractivity contribution in [1.82, 2.24) is 0 Å². The van der Waals surface area contributed by atoms with Gasteiger partial charge >= 0.3 is 0 Å². The molecule has 0 aromatic heterocycles. The van der Waals surface area contributed by atoms with E-state index in [4.69, 9.17) is 32.5 Å². The standard InChI is InChI=1S/C18H18ClN3O4/c1-25-12-9-6-10-13(26-2)14(12)15(23)18(16(19)24,22-17(20)21)11-7-4-3-5-8-11/h3-10H,1-2H3,(H4,20,21,22). The number of methoxy groups -OCH3 is 2. The van der Waals surface area contributed by atoms with Crippen molar-refractivity contribution < 1.29 is 19.1 Å². The van der Waals surface area contributed by atoms with Gasteiger partial charge in [-0.15, -0.1) is 0 Å². The van der Waals surface area contributed by atoms with Gasteiger partial charge in [0.1, 0.15) is 17.1 Å². The number of ketones is 1. The third-order valence-corrected chi connectivity index (χ3v) is 4.03. The van der Waals surface area contributed by atoms with Crippen LogP contribution in [0.3, 0.4) is 0 Å². The Kier molecular flexibility index (Phi) is 5.84. The van der Waals surface area contributed by atoms with Crippen molar-refractivity contribution in [3.05, 3.63) is 59.7 Å². The molecular weight excluding hydrogens is 358 g/mol. The highest BCUT2D eigenvalue weighted by atomic mass is 35.5. The summed E-state index contributed by atoms with van der Waals surface area (Å²) in [6.45, 7) is 0. The van der Waals surface area contributed by atoms with Gasteiger partial charge in [0.05, 0.1) is 14.2 Å². The number of halogens is 1. The van der Waals surface area contributed by atoms with Crippen molar-refractivity contribution in [3.63, 3.8) is 0 Å². The molecule has 2 aromatic carbocycles. The SMILES string of the molecule is COc1cccc(OC)c1C(=O)C(N=C(N)N)(C(=O)Cl)c1ccccc1. The first kappa shape index (κ1) is 19.3. The maximum atomic E-state index is 13.5. The molecule has 0 radical (unpaired) electrons. The smallest absolute Gasteiger partial charge is 0.262 e. The van der Waals surface area contributed by atoms with Crippen LogP contribution >= 0.6 is 11.6 Å². The summed E-state index contributed by atoms with van der Waals surface area (Å²) in [6.07, 6.45) is 0. The van der Waals surface area contributed by atoms with E-state index in [0.717, 1.165) is 0 Å². The van der Waals surface area contributed by atoms with Gasteiger partial charge in [0.25, 0.3) is 5.24 Å². The average Bonchev–Trinajstić information content (AvgIpc) is 2.65. The Labute approximate surface area is 155 Å². The number of nitrogens with two attached hydrogens (primary N) is 2. The Morgan fingerprint density at radius 3 is 1.92 bits per heavy atom. The van der Waals surface area contributed by atoms with Crippen LogP contribution in [0.1, 0.15) is 15.9 Å². The molecule has 7 nitrogen and oxygen atoms in total. The normalized spacial score (nSPS) is 12.6. The summed E-state index contributed by atoms with van der Waals surface area (Å²) < 4.78 is 10.5. The maximum absolute atomic E-state index is 13.5. The van der Waals surface area contributed by atoms with Gasteiger partial charge in [-0.25, -0.2) is 4.99 Å². The molecule has 0 saturated heterocycles. The number of hydrogen-bond acceptors (Lipinski definition) is 5. The van der Waals surface area contributed by atoms with E-state index in [9.17, 15) is 9.59 Å². The van der Waals surface area contributed by atoms with E-state index in [1.165, 1.54) is 26.4 Å². The lowest BCUT2D eigenvalue weighted by atomic mass is 9.83. The molecule has 4 N–H and O–H groups in total. The summed E-state index contributed by atoms with van der Waals surface area (Å²) >= 11 is 5.86. The van der Waals surface area contributed by atoms with E-state index in [-0.39, 0.29) is 22.6 Å². The Bertz CT molecular complexity index is 829. The Hall–Kier alpha value is -3.06. The number of carbonyl (C=O) groups is 2. The summed E-state index contributed by atoms with van der Waals surface area (Å²) in [5.74, 6) is -0.854. The predicted molar refractivity (Wildman–Crippen MR) is 98.7 cm³/mol. The maximum Gasteiger partial charge on any atom is 0.262 e. The van der Waals surface area contributed by atoms with Gasteiger partial charge in [-0.05, 0) is 29.3 Å². The number of rotatable bonds is 7. The summed E-state index contributed by atoms with van der Waals surface area (Å²) in [5, 5.41) is -1.06. The molecule has 2 rings (SSSR count). The molecule has 1 unspecified atom stereocenters. The molecule has 0 aliphatic rings. The first-order valence-electron chi connectivity index (χ1n) is 7.50. The van der Waals surface area contributed by atoms with E-state index < -0.39 is 22.5 Å². The highest BCUT2D eigenvalue weighted by molar-refractivity contribution is 6.68. The molecule has 0 saturated carbocycles. The molecule has 0 aliphatic heterocycles. The quantitative estimate of drug-likeness (QED) is 0.250. The summed E-state index contributed by atoms with van der Waals surface area (Å²) in [7, 11) is 2.78. The predicted octanol–water partition coefficient (Wildman–Crippen LogP) is 1.82.